The summed E-state index contributed by atoms with van der Waals surface area (Å²) in [6.07, 6.45) is 50.2. The standard InChI is InChI=1S/C62H121NO10/c1-3-5-7-9-11-13-15-17-18-19-20-21-22-23-24-25-26-27-28-29-30-31-32-33-34-35-36-37-38-40-42-44-46-48-50-55(66)61(71)63-53(52-72-62-60(70)59(69)58(68)56(51-64)73-62)57(67)54(65)49-47-45-43-41-39-16-14-12-10-8-6-4-2/h25-26,53-60,62,64-70H,3-24,27-52H2,1-2H3,(H,63,71)/b26-25-. The van der Waals surface area contributed by atoms with Gasteiger partial charge < -0.3 is 50.5 Å². The molecule has 1 fully saturated rings. The quantitative estimate of drug-likeness (QED) is 0.0215. The van der Waals surface area contributed by atoms with Gasteiger partial charge in [0, 0.05) is 0 Å². The molecule has 9 atom stereocenters. The largest absolute Gasteiger partial charge is 0.394 e. The Kier molecular flexibility index (Phi) is 49.4. The van der Waals surface area contributed by atoms with Crippen LogP contribution in [0.25, 0.3) is 0 Å². The molecule has 1 heterocycles. The van der Waals surface area contributed by atoms with E-state index in [1.54, 1.807) is 0 Å². The van der Waals surface area contributed by atoms with Gasteiger partial charge in [0.25, 0.3) is 0 Å². The second-order valence-corrected chi connectivity index (χ2v) is 22.5. The van der Waals surface area contributed by atoms with E-state index in [0.29, 0.717) is 19.3 Å². The van der Waals surface area contributed by atoms with Crippen LogP contribution in [-0.4, -0.2) is 110 Å². The molecule has 11 heteroatoms. The first-order valence-corrected chi connectivity index (χ1v) is 31.6. The fourth-order valence-electron chi connectivity index (χ4n) is 10.4. The first-order valence-electron chi connectivity index (χ1n) is 31.6. The fraction of sp³-hybridized carbons (Fsp3) is 0.952. The molecule has 0 aromatic heterocycles. The zero-order valence-corrected chi connectivity index (χ0v) is 47.6. The number of amides is 1. The van der Waals surface area contributed by atoms with E-state index in [9.17, 15) is 40.5 Å². The number of carbonyl (C=O) groups excluding carboxylic acids is 1. The van der Waals surface area contributed by atoms with E-state index in [2.05, 4.69) is 31.3 Å². The van der Waals surface area contributed by atoms with Gasteiger partial charge in [-0.15, -0.1) is 0 Å². The molecule has 0 bridgehead atoms. The van der Waals surface area contributed by atoms with Crippen molar-refractivity contribution in [2.75, 3.05) is 13.2 Å². The van der Waals surface area contributed by atoms with Crippen molar-refractivity contribution >= 4 is 5.91 Å². The van der Waals surface area contributed by atoms with Crippen molar-refractivity contribution in [3.8, 4) is 0 Å². The van der Waals surface area contributed by atoms with E-state index in [0.717, 1.165) is 38.5 Å². The van der Waals surface area contributed by atoms with Crippen LogP contribution in [0.2, 0.25) is 0 Å². The zero-order chi connectivity index (χ0) is 53.3. The first-order chi connectivity index (χ1) is 35.7. The summed E-state index contributed by atoms with van der Waals surface area (Å²) in [6.45, 7) is 3.48. The van der Waals surface area contributed by atoms with Gasteiger partial charge in [-0.05, 0) is 38.5 Å². The number of ether oxygens (including phenoxy) is 2. The Balaban J connectivity index is 2.14. The Morgan fingerprint density at radius 2 is 0.795 bits per heavy atom. The third kappa shape index (κ3) is 39.8. The van der Waals surface area contributed by atoms with Crippen LogP contribution in [0.3, 0.4) is 0 Å². The molecule has 1 amide bonds. The van der Waals surface area contributed by atoms with Crippen LogP contribution in [0.15, 0.2) is 12.2 Å². The molecule has 0 aromatic rings. The lowest BCUT2D eigenvalue weighted by molar-refractivity contribution is -0.303. The van der Waals surface area contributed by atoms with Crippen molar-refractivity contribution in [3.63, 3.8) is 0 Å². The lowest BCUT2D eigenvalue weighted by Gasteiger charge is -2.40. The van der Waals surface area contributed by atoms with Crippen LogP contribution in [0.5, 0.6) is 0 Å². The predicted molar refractivity (Wildman–Crippen MR) is 303 cm³/mol. The van der Waals surface area contributed by atoms with Crippen LogP contribution >= 0.6 is 0 Å². The molecule has 11 nitrogen and oxygen atoms in total. The summed E-state index contributed by atoms with van der Waals surface area (Å²) in [5.41, 5.74) is 0. The summed E-state index contributed by atoms with van der Waals surface area (Å²) in [7, 11) is 0. The molecule has 1 rings (SSSR count). The van der Waals surface area contributed by atoms with Gasteiger partial charge in [-0.25, -0.2) is 0 Å². The summed E-state index contributed by atoms with van der Waals surface area (Å²) < 4.78 is 11.1. The van der Waals surface area contributed by atoms with E-state index in [1.807, 2.05) is 0 Å². The molecular weight excluding hydrogens is 919 g/mol. The highest BCUT2D eigenvalue weighted by Gasteiger charge is 2.44. The summed E-state index contributed by atoms with van der Waals surface area (Å²) in [5, 5.41) is 76.1. The number of allylic oxidation sites excluding steroid dienone is 2. The van der Waals surface area contributed by atoms with Crippen molar-refractivity contribution in [3.05, 3.63) is 12.2 Å². The van der Waals surface area contributed by atoms with Gasteiger partial charge in [-0.2, -0.15) is 0 Å². The fourth-order valence-corrected chi connectivity index (χ4v) is 10.4. The van der Waals surface area contributed by atoms with Gasteiger partial charge in [-0.3, -0.25) is 4.79 Å². The highest BCUT2D eigenvalue weighted by molar-refractivity contribution is 5.80. The Labute approximate surface area is 449 Å². The van der Waals surface area contributed by atoms with E-state index in [1.165, 1.54) is 231 Å². The summed E-state index contributed by atoms with van der Waals surface area (Å²) >= 11 is 0. The molecule has 1 saturated heterocycles. The average molecular weight is 1040 g/mol. The monoisotopic (exact) mass is 1040 g/mol. The number of carbonyl (C=O) groups is 1. The van der Waals surface area contributed by atoms with Crippen molar-refractivity contribution < 1.29 is 50.0 Å². The zero-order valence-electron chi connectivity index (χ0n) is 47.6. The SMILES string of the molecule is CCCCCCCCCCCCCCCC/C=C\CCCCCCCCCCCCCCCCCCC(O)C(=O)NC(COC1OC(CO)C(O)C(O)C1O)C(O)C(O)CCCCCCCCCCCCCC. The third-order valence-corrected chi connectivity index (χ3v) is 15.6. The Bertz CT molecular complexity index is 1190. The van der Waals surface area contributed by atoms with E-state index < -0.39 is 74.2 Å². The maximum atomic E-state index is 13.2. The summed E-state index contributed by atoms with van der Waals surface area (Å²) in [4.78, 5) is 13.2. The highest BCUT2D eigenvalue weighted by atomic mass is 16.7. The van der Waals surface area contributed by atoms with Gasteiger partial charge in [0.05, 0.1) is 25.4 Å². The second-order valence-electron chi connectivity index (χ2n) is 22.5. The molecule has 1 aliphatic heterocycles. The lowest BCUT2D eigenvalue weighted by Crippen LogP contribution is -2.60. The molecule has 434 valence electrons. The van der Waals surface area contributed by atoms with Gasteiger partial charge in [0.2, 0.25) is 5.91 Å². The minimum Gasteiger partial charge on any atom is -0.394 e. The minimum absolute atomic E-state index is 0.264. The first kappa shape index (κ1) is 69.9. The van der Waals surface area contributed by atoms with Gasteiger partial charge in [-0.1, -0.05) is 283 Å². The van der Waals surface area contributed by atoms with Crippen LogP contribution in [0.4, 0.5) is 0 Å². The maximum Gasteiger partial charge on any atom is 0.249 e. The van der Waals surface area contributed by atoms with Gasteiger partial charge >= 0.3 is 0 Å². The molecule has 0 radical (unpaired) electrons. The average Bonchev–Trinajstić information content (AvgIpc) is 3.39. The van der Waals surface area contributed by atoms with Gasteiger partial charge in [0.1, 0.15) is 36.6 Å². The topological polar surface area (TPSA) is 189 Å². The number of aliphatic hydroxyl groups is 7. The van der Waals surface area contributed by atoms with Crippen LogP contribution < -0.4 is 5.32 Å². The number of hydrogen-bond donors (Lipinski definition) is 8. The van der Waals surface area contributed by atoms with Crippen LogP contribution in [0.1, 0.15) is 309 Å². The van der Waals surface area contributed by atoms with Crippen molar-refractivity contribution in [2.24, 2.45) is 0 Å². The normalized spacial score (nSPS) is 19.9. The van der Waals surface area contributed by atoms with Gasteiger partial charge in [0.15, 0.2) is 6.29 Å². The molecule has 73 heavy (non-hydrogen) atoms. The molecule has 1 aliphatic rings. The number of hydrogen-bond acceptors (Lipinski definition) is 10. The molecular formula is C62H121NO10. The Hall–Kier alpha value is -1.15. The van der Waals surface area contributed by atoms with Crippen molar-refractivity contribution in [1.29, 1.82) is 0 Å². The highest BCUT2D eigenvalue weighted by Crippen LogP contribution is 2.24. The van der Waals surface area contributed by atoms with E-state index in [4.69, 9.17) is 9.47 Å². The van der Waals surface area contributed by atoms with Crippen LogP contribution in [-0.2, 0) is 14.3 Å². The number of rotatable bonds is 55. The molecule has 8 N–H and O–H groups in total. The molecule has 0 aromatic carbocycles. The van der Waals surface area contributed by atoms with E-state index >= 15 is 0 Å². The molecule has 0 saturated carbocycles. The predicted octanol–water partition coefficient (Wildman–Crippen LogP) is 13.9. The third-order valence-electron chi connectivity index (χ3n) is 15.6. The molecule has 9 unspecified atom stereocenters. The minimum atomic E-state index is -1.66. The molecule has 0 spiro atoms. The number of unbranched alkanes of at least 4 members (excludes halogenated alkanes) is 41. The molecule has 0 aliphatic carbocycles. The second kappa shape index (κ2) is 51.6. The smallest absolute Gasteiger partial charge is 0.249 e. The maximum absolute atomic E-state index is 13.2. The summed E-state index contributed by atoms with van der Waals surface area (Å²) in [5.74, 6) is -0.692. The van der Waals surface area contributed by atoms with Crippen molar-refractivity contribution in [2.45, 2.75) is 364 Å². The number of nitrogens with one attached hydrogen (secondary N) is 1. The Morgan fingerprint density at radius 1 is 0.466 bits per heavy atom. The lowest BCUT2D eigenvalue weighted by atomic mass is 9.98. The van der Waals surface area contributed by atoms with Crippen LogP contribution in [0, 0.1) is 0 Å². The Morgan fingerprint density at radius 3 is 1.15 bits per heavy atom. The van der Waals surface area contributed by atoms with E-state index in [-0.39, 0.29) is 6.42 Å². The van der Waals surface area contributed by atoms with Crippen molar-refractivity contribution in [1.82, 2.24) is 5.32 Å². The summed E-state index contributed by atoms with van der Waals surface area (Å²) in [6, 6.07) is -1.16. The number of aliphatic hydroxyl groups excluding tert-OH is 7.